The molecule has 1 aromatic rings. The van der Waals surface area contributed by atoms with Gasteiger partial charge >= 0.3 is 0 Å². The van der Waals surface area contributed by atoms with Gasteiger partial charge in [0.2, 0.25) is 12.8 Å². The molecule has 0 radical (unpaired) electrons. The lowest BCUT2D eigenvalue weighted by atomic mass is 10.1. The molecule has 0 fully saturated rings. The Hall–Kier alpha value is -2.39. The number of non-ortho nitro benzene ring substituents is 1. The van der Waals surface area contributed by atoms with Crippen LogP contribution in [-0.4, -0.2) is 62.6 Å². The van der Waals surface area contributed by atoms with Crippen LogP contribution in [0.3, 0.4) is 0 Å². The van der Waals surface area contributed by atoms with Gasteiger partial charge in [0.05, 0.1) is 37.7 Å². The van der Waals surface area contributed by atoms with Crippen LogP contribution in [0.4, 0.5) is 5.69 Å². The monoisotopic (exact) mass is 402 g/mol. The summed E-state index contributed by atoms with van der Waals surface area (Å²) in [5.74, 6) is 0.608. The fourth-order valence-corrected chi connectivity index (χ4v) is 2.93. The highest BCUT2D eigenvalue weighted by Crippen LogP contribution is 2.27. The molecule has 9 nitrogen and oxygen atoms in total. The summed E-state index contributed by atoms with van der Waals surface area (Å²) in [4.78, 5) is 31.5. The molecule has 0 unspecified atom stereocenters. The number of quaternary nitrogens is 1. The first kappa shape index (κ1) is 24.6. The highest BCUT2D eigenvalue weighted by Gasteiger charge is 2.25. The minimum Gasteiger partial charge on any atom is -1.00 e. The number of nitrogens with zero attached hydrogens (tertiary/aromatic N) is 2. The van der Waals surface area contributed by atoms with Crippen molar-refractivity contribution in [1.29, 1.82) is 0 Å². The van der Waals surface area contributed by atoms with E-state index in [4.69, 9.17) is 4.74 Å². The van der Waals surface area contributed by atoms with Crippen LogP contribution in [-0.2, 0) is 16.1 Å². The molecule has 0 saturated carbocycles. The van der Waals surface area contributed by atoms with Crippen LogP contribution in [0.5, 0.6) is 5.75 Å². The Kier molecular flexibility index (Phi) is 11.7. The van der Waals surface area contributed by atoms with Crippen molar-refractivity contribution in [2.45, 2.75) is 19.4 Å². The zero-order valence-electron chi connectivity index (χ0n) is 15.7. The van der Waals surface area contributed by atoms with Crippen molar-refractivity contribution in [3.8, 4) is 5.75 Å². The smallest absolute Gasteiger partial charge is 0.270 e. The number of methoxy groups -OCH3 is 1. The van der Waals surface area contributed by atoms with E-state index >= 15 is 0 Å². The quantitative estimate of drug-likeness (QED) is 0.121. The van der Waals surface area contributed by atoms with Crippen LogP contribution >= 0.6 is 0 Å². The van der Waals surface area contributed by atoms with E-state index in [0.717, 1.165) is 31.5 Å². The molecule has 0 bridgehead atoms. The molecule has 1 rings (SSSR count). The molecule has 0 aliphatic carbocycles. The average Bonchev–Trinajstić information content (AvgIpc) is 2.62. The molecule has 0 aliphatic heterocycles. The van der Waals surface area contributed by atoms with Gasteiger partial charge in [-0.1, -0.05) is 0 Å². The minimum absolute atomic E-state index is 0. The van der Waals surface area contributed by atoms with E-state index in [1.807, 2.05) is 0 Å². The molecule has 0 heterocycles. The summed E-state index contributed by atoms with van der Waals surface area (Å²) >= 11 is 0. The van der Waals surface area contributed by atoms with E-state index in [9.17, 15) is 19.7 Å². The van der Waals surface area contributed by atoms with Crippen molar-refractivity contribution in [3.05, 3.63) is 33.9 Å². The lowest BCUT2D eigenvalue weighted by molar-refractivity contribution is -0.922. The predicted octanol–water partition coefficient (Wildman–Crippen LogP) is -2.17. The van der Waals surface area contributed by atoms with Gasteiger partial charge in [0.1, 0.15) is 12.3 Å². The van der Waals surface area contributed by atoms with E-state index in [-0.39, 0.29) is 18.1 Å². The zero-order chi connectivity index (χ0) is 19.4. The average molecular weight is 403 g/mol. The third-order valence-corrected chi connectivity index (χ3v) is 4.23. The summed E-state index contributed by atoms with van der Waals surface area (Å²) in [6.45, 7) is 3.22. The van der Waals surface area contributed by atoms with Crippen LogP contribution in [0.15, 0.2) is 18.2 Å². The van der Waals surface area contributed by atoms with E-state index in [1.165, 1.54) is 13.2 Å². The maximum absolute atomic E-state index is 11.1. The van der Waals surface area contributed by atoms with Gasteiger partial charge in [-0.25, -0.2) is 0 Å². The van der Waals surface area contributed by atoms with Gasteiger partial charge in [0, 0.05) is 38.1 Å². The van der Waals surface area contributed by atoms with Crippen LogP contribution in [0.2, 0.25) is 0 Å². The van der Waals surface area contributed by atoms with Crippen molar-refractivity contribution in [3.63, 3.8) is 0 Å². The van der Waals surface area contributed by atoms with Gasteiger partial charge in [0.15, 0.2) is 0 Å². The van der Waals surface area contributed by atoms with Gasteiger partial charge in [-0.3, -0.25) is 19.7 Å². The Labute approximate surface area is 165 Å². The van der Waals surface area contributed by atoms with E-state index < -0.39 is 4.92 Å². The Morgan fingerprint density at radius 2 is 1.70 bits per heavy atom. The number of carbonyl (C=O) groups is 2. The number of carbonyl (C=O) groups excluding carboxylic acids is 2. The van der Waals surface area contributed by atoms with E-state index in [1.54, 1.807) is 12.1 Å². The highest BCUT2D eigenvalue weighted by atomic mass is 35.5. The number of halogens is 1. The Morgan fingerprint density at radius 3 is 2.15 bits per heavy atom. The third kappa shape index (κ3) is 8.69. The maximum Gasteiger partial charge on any atom is 0.270 e. The molecule has 0 spiro atoms. The first-order valence-electron chi connectivity index (χ1n) is 8.44. The number of nitrogens with one attached hydrogen (secondary N) is 2. The highest BCUT2D eigenvalue weighted by molar-refractivity contribution is 5.46. The summed E-state index contributed by atoms with van der Waals surface area (Å²) in [5, 5.41) is 16.4. The molecular weight excluding hydrogens is 376 g/mol. The fourth-order valence-electron chi connectivity index (χ4n) is 2.93. The van der Waals surface area contributed by atoms with Gasteiger partial charge in [-0.05, 0) is 6.07 Å². The number of hydrogen-bond acceptors (Lipinski definition) is 5. The second kappa shape index (κ2) is 12.9. The van der Waals surface area contributed by atoms with Crippen molar-refractivity contribution < 1.29 is 36.1 Å². The van der Waals surface area contributed by atoms with Crippen molar-refractivity contribution in [2.24, 2.45) is 0 Å². The van der Waals surface area contributed by atoms with Gasteiger partial charge in [0.25, 0.3) is 5.69 Å². The lowest BCUT2D eigenvalue weighted by Gasteiger charge is -2.35. The summed E-state index contributed by atoms with van der Waals surface area (Å²) in [6.07, 6.45) is 2.88. The van der Waals surface area contributed by atoms with E-state index in [0.29, 0.717) is 42.7 Å². The maximum atomic E-state index is 11.1. The van der Waals surface area contributed by atoms with Crippen LogP contribution < -0.4 is 27.8 Å². The van der Waals surface area contributed by atoms with Crippen LogP contribution in [0.1, 0.15) is 18.4 Å². The molecule has 1 aromatic carbocycles. The normalized spacial score (nSPS) is 10.4. The molecule has 0 atom stereocenters. The van der Waals surface area contributed by atoms with Crippen LogP contribution in [0.25, 0.3) is 0 Å². The molecule has 0 aromatic heterocycles. The molecule has 152 valence electrons. The number of amides is 2. The number of nitro benzene ring substituents is 1. The van der Waals surface area contributed by atoms with Gasteiger partial charge < -0.3 is 32.3 Å². The van der Waals surface area contributed by atoms with Gasteiger partial charge in [-0.15, -0.1) is 0 Å². The first-order chi connectivity index (χ1) is 12.5. The SMILES string of the molecule is COc1ccc([N+](=O)[O-])cc1C[N+](C)(CCCNC=O)CCCNC=O.[Cl-]. The summed E-state index contributed by atoms with van der Waals surface area (Å²) in [7, 11) is 3.59. The molecule has 0 aliphatic rings. The Bertz CT molecular complexity index is 599. The third-order valence-electron chi connectivity index (χ3n) is 4.23. The first-order valence-corrected chi connectivity index (χ1v) is 8.44. The number of nitro groups is 1. The van der Waals surface area contributed by atoms with E-state index in [2.05, 4.69) is 17.7 Å². The second-order valence-corrected chi connectivity index (χ2v) is 6.33. The van der Waals surface area contributed by atoms with Gasteiger partial charge in [-0.2, -0.15) is 0 Å². The molecule has 0 saturated heterocycles. The molecule has 27 heavy (non-hydrogen) atoms. The summed E-state index contributed by atoms with van der Waals surface area (Å²) < 4.78 is 5.97. The Balaban J connectivity index is 0.00000676. The predicted molar refractivity (Wildman–Crippen MR) is 96.6 cm³/mol. The molecule has 2 amide bonds. The van der Waals surface area contributed by atoms with Crippen molar-refractivity contribution in [1.82, 2.24) is 10.6 Å². The Morgan fingerprint density at radius 1 is 1.15 bits per heavy atom. The molecule has 2 N–H and O–H groups in total. The topological polar surface area (TPSA) is 111 Å². The second-order valence-electron chi connectivity index (χ2n) is 6.33. The fraction of sp³-hybridized carbons (Fsp3) is 0.529. The summed E-state index contributed by atoms with van der Waals surface area (Å²) in [6, 6.07) is 4.58. The standard InChI is InChI=1S/C17H26N4O5.ClH/c1-21(9-3-7-18-13-22,10-4-8-19-14-23)12-15-11-16(20(24)25)5-6-17(15)26-2;/h5-6,11,13-14H,3-4,7-10,12H2,1-2H3,(H-,18,19,22,23);1H. The molecular formula is C17H27ClN4O5. The number of hydrogen-bond donors (Lipinski definition) is 2. The number of benzene rings is 1. The number of rotatable bonds is 14. The largest absolute Gasteiger partial charge is 1.00 e. The van der Waals surface area contributed by atoms with Crippen LogP contribution in [0, 0.1) is 10.1 Å². The summed E-state index contributed by atoms with van der Waals surface area (Å²) in [5.41, 5.74) is 0.786. The zero-order valence-corrected chi connectivity index (χ0v) is 16.4. The minimum atomic E-state index is -0.421. The molecule has 10 heteroatoms. The lowest BCUT2D eigenvalue weighted by Crippen LogP contribution is -3.00. The van der Waals surface area contributed by atoms with Crippen molar-refractivity contribution >= 4 is 18.5 Å². The number of ether oxygens (including phenoxy) is 1. The van der Waals surface area contributed by atoms with Crippen molar-refractivity contribution in [2.75, 3.05) is 40.3 Å².